The molecule has 1 aliphatic heterocycles. The van der Waals surface area contributed by atoms with Gasteiger partial charge in [0, 0.05) is 22.6 Å². The van der Waals surface area contributed by atoms with Gasteiger partial charge in [0.25, 0.3) is 0 Å². The maximum atomic E-state index is 13.7. The van der Waals surface area contributed by atoms with Crippen LogP contribution in [0.1, 0.15) is 0 Å². The quantitative estimate of drug-likeness (QED) is 0.395. The van der Waals surface area contributed by atoms with Gasteiger partial charge in [-0.25, -0.2) is 0 Å². The normalized spacial score (nSPS) is 18.1. The number of halogens is 1. The molecule has 5 rings (SSSR count). The van der Waals surface area contributed by atoms with Gasteiger partial charge in [-0.2, -0.15) is 0 Å². The largest absolute Gasteiger partial charge is 0.296 e. The Kier molecular flexibility index (Phi) is 3.15. The zero-order valence-electron chi connectivity index (χ0n) is 13.2. The van der Waals surface area contributed by atoms with Crippen LogP contribution in [0.3, 0.4) is 0 Å². The lowest BCUT2D eigenvalue weighted by Crippen LogP contribution is -2.14. The van der Waals surface area contributed by atoms with E-state index in [2.05, 4.69) is 23.2 Å². The summed E-state index contributed by atoms with van der Waals surface area (Å²) >= 11 is 6.74. The van der Waals surface area contributed by atoms with Crippen molar-refractivity contribution in [3.63, 3.8) is 0 Å². The molecule has 0 spiro atoms. The van der Waals surface area contributed by atoms with Crippen molar-refractivity contribution < 1.29 is 4.57 Å². The standard InChI is InChI=1S/C21H13ClNOP/c22-25(24)18-12-11-14-6-1-2-7-15(14)20(18)16-8-3-4-9-17(16)21-19(25)10-5-13-23-21/h1-13H. The fourth-order valence-corrected chi connectivity index (χ4v) is 6.27. The summed E-state index contributed by atoms with van der Waals surface area (Å²) in [6, 6.07) is 23.7. The molecule has 0 N–H and O–H groups in total. The number of benzene rings is 3. The Morgan fingerprint density at radius 3 is 2.40 bits per heavy atom. The van der Waals surface area contributed by atoms with Gasteiger partial charge in [0.05, 0.1) is 11.0 Å². The molecule has 1 aromatic heterocycles. The Labute approximate surface area is 150 Å². The van der Waals surface area contributed by atoms with E-state index in [4.69, 9.17) is 11.2 Å². The molecule has 4 heteroatoms. The SMILES string of the molecule is O=P1(Cl)c2cccnc2-c2ccccc2-c2c1ccc1ccccc21. The van der Waals surface area contributed by atoms with Crippen molar-refractivity contribution in [3.8, 4) is 22.4 Å². The molecule has 2 heterocycles. The van der Waals surface area contributed by atoms with E-state index in [9.17, 15) is 4.57 Å². The third-order valence-electron chi connectivity index (χ3n) is 4.76. The number of hydrogen-bond acceptors (Lipinski definition) is 2. The van der Waals surface area contributed by atoms with Crippen LogP contribution < -0.4 is 10.6 Å². The van der Waals surface area contributed by atoms with Gasteiger partial charge in [-0.3, -0.25) is 9.55 Å². The summed E-state index contributed by atoms with van der Waals surface area (Å²) in [5.74, 6) is 0. The van der Waals surface area contributed by atoms with E-state index in [-0.39, 0.29) is 0 Å². The Balaban J connectivity index is 2.06. The Bertz CT molecular complexity index is 1200. The topological polar surface area (TPSA) is 30.0 Å². The zero-order valence-corrected chi connectivity index (χ0v) is 14.8. The molecule has 3 aromatic carbocycles. The van der Waals surface area contributed by atoms with E-state index in [0.717, 1.165) is 27.5 Å². The summed E-state index contributed by atoms with van der Waals surface area (Å²) in [6.45, 7) is -3.29. The van der Waals surface area contributed by atoms with Crippen molar-refractivity contribution in [3.05, 3.63) is 79.0 Å². The highest BCUT2D eigenvalue weighted by atomic mass is 35.7. The third-order valence-corrected chi connectivity index (χ3v) is 7.83. The van der Waals surface area contributed by atoms with Gasteiger partial charge in [0.15, 0.2) is 0 Å². The Morgan fingerprint density at radius 2 is 1.52 bits per heavy atom. The van der Waals surface area contributed by atoms with Crippen LogP contribution in [0, 0.1) is 0 Å². The summed E-state index contributed by atoms with van der Waals surface area (Å²) in [6.07, 6.45) is 1.72. The summed E-state index contributed by atoms with van der Waals surface area (Å²) in [5, 5.41) is 3.46. The van der Waals surface area contributed by atoms with Crippen LogP contribution in [0.4, 0.5) is 0 Å². The van der Waals surface area contributed by atoms with E-state index in [1.807, 2.05) is 48.5 Å². The maximum absolute atomic E-state index is 13.7. The smallest absolute Gasteiger partial charge is 0.228 e. The Morgan fingerprint density at radius 1 is 0.760 bits per heavy atom. The number of hydrogen-bond donors (Lipinski definition) is 0. The molecule has 0 bridgehead atoms. The van der Waals surface area contributed by atoms with Crippen molar-refractivity contribution in [2.45, 2.75) is 0 Å². The molecule has 0 saturated carbocycles. The summed E-state index contributed by atoms with van der Waals surface area (Å²) in [7, 11) is 0. The van der Waals surface area contributed by atoms with E-state index < -0.39 is 6.49 Å². The van der Waals surface area contributed by atoms with Crippen LogP contribution >= 0.6 is 17.7 Å². The fraction of sp³-hybridized carbons (Fsp3) is 0. The molecule has 2 nitrogen and oxygen atoms in total. The van der Waals surface area contributed by atoms with Crippen LogP contribution in [0.15, 0.2) is 79.0 Å². The van der Waals surface area contributed by atoms with Crippen LogP contribution in [0.25, 0.3) is 33.2 Å². The monoisotopic (exact) mass is 361 g/mol. The molecule has 120 valence electrons. The van der Waals surface area contributed by atoms with Crippen molar-refractivity contribution in [1.82, 2.24) is 4.98 Å². The van der Waals surface area contributed by atoms with Crippen LogP contribution in [0.5, 0.6) is 0 Å². The summed E-state index contributed by atoms with van der Waals surface area (Å²) in [5.41, 5.74) is 3.64. The second-order valence-corrected chi connectivity index (χ2v) is 9.59. The zero-order chi connectivity index (χ0) is 17.0. The molecule has 1 unspecified atom stereocenters. The molecular formula is C21H13ClNOP. The van der Waals surface area contributed by atoms with Crippen molar-refractivity contribution in [2.75, 3.05) is 0 Å². The molecule has 1 aliphatic rings. The second-order valence-electron chi connectivity index (χ2n) is 6.13. The van der Waals surface area contributed by atoms with E-state index in [0.29, 0.717) is 16.3 Å². The molecule has 4 aromatic rings. The van der Waals surface area contributed by atoms with E-state index in [1.165, 1.54) is 0 Å². The van der Waals surface area contributed by atoms with Crippen LogP contribution in [0.2, 0.25) is 0 Å². The first kappa shape index (κ1) is 14.9. The van der Waals surface area contributed by atoms with Gasteiger partial charge in [0.2, 0.25) is 6.49 Å². The minimum Gasteiger partial charge on any atom is -0.296 e. The lowest BCUT2D eigenvalue weighted by Gasteiger charge is -2.15. The van der Waals surface area contributed by atoms with Gasteiger partial charge in [-0.05, 0) is 45.8 Å². The molecule has 1 atom stereocenters. The van der Waals surface area contributed by atoms with Gasteiger partial charge >= 0.3 is 0 Å². The van der Waals surface area contributed by atoms with Crippen molar-refractivity contribution in [1.29, 1.82) is 0 Å². The average molecular weight is 362 g/mol. The first-order valence-corrected chi connectivity index (χ1v) is 10.7. The predicted molar refractivity (Wildman–Crippen MR) is 105 cm³/mol. The highest BCUT2D eigenvalue weighted by Gasteiger charge is 2.35. The Hall–Kier alpha value is -2.41. The van der Waals surface area contributed by atoms with Gasteiger partial charge in [-0.15, -0.1) is 0 Å². The van der Waals surface area contributed by atoms with Gasteiger partial charge in [0.1, 0.15) is 0 Å². The number of fused-ring (bicyclic) bond motifs is 7. The lowest BCUT2D eigenvalue weighted by atomic mass is 9.93. The van der Waals surface area contributed by atoms with Gasteiger partial charge in [-0.1, -0.05) is 54.6 Å². The highest BCUT2D eigenvalue weighted by molar-refractivity contribution is 8.01. The van der Waals surface area contributed by atoms with Crippen molar-refractivity contribution in [2.24, 2.45) is 0 Å². The summed E-state index contributed by atoms with van der Waals surface area (Å²) < 4.78 is 13.7. The molecule has 25 heavy (non-hydrogen) atoms. The number of aromatic nitrogens is 1. The highest BCUT2D eigenvalue weighted by Crippen LogP contribution is 2.56. The van der Waals surface area contributed by atoms with Crippen LogP contribution in [-0.2, 0) is 4.57 Å². The maximum Gasteiger partial charge on any atom is 0.228 e. The average Bonchev–Trinajstić information content (AvgIpc) is 2.74. The fourth-order valence-electron chi connectivity index (χ4n) is 3.66. The first-order valence-electron chi connectivity index (χ1n) is 8.05. The minimum absolute atomic E-state index is 0.609. The number of rotatable bonds is 0. The predicted octanol–water partition coefficient (Wildman–Crippen LogP) is 5.35. The van der Waals surface area contributed by atoms with Gasteiger partial charge < -0.3 is 0 Å². The first-order chi connectivity index (χ1) is 12.2. The second kappa shape index (κ2) is 5.29. The van der Waals surface area contributed by atoms with E-state index >= 15 is 0 Å². The molecule has 0 amide bonds. The molecule has 0 fully saturated rings. The minimum atomic E-state index is -3.29. The third kappa shape index (κ3) is 2.05. The van der Waals surface area contributed by atoms with E-state index in [1.54, 1.807) is 12.3 Å². The number of pyridine rings is 1. The molecule has 0 aliphatic carbocycles. The molecular weight excluding hydrogens is 349 g/mol. The molecule has 0 radical (unpaired) electrons. The van der Waals surface area contributed by atoms with Crippen molar-refractivity contribution >= 4 is 39.1 Å². The summed E-state index contributed by atoms with van der Waals surface area (Å²) in [4.78, 5) is 4.52. The number of nitrogens with zero attached hydrogens (tertiary/aromatic N) is 1. The van der Waals surface area contributed by atoms with Crippen LogP contribution in [-0.4, -0.2) is 4.98 Å². The molecule has 0 saturated heterocycles. The lowest BCUT2D eigenvalue weighted by molar-refractivity contribution is 0.595.